The van der Waals surface area contributed by atoms with Gasteiger partial charge in [-0.3, -0.25) is 9.59 Å². The highest BCUT2D eigenvalue weighted by atomic mass is 32.2. The van der Waals surface area contributed by atoms with Crippen LogP contribution in [0.25, 0.3) is 0 Å². The second-order valence-electron chi connectivity index (χ2n) is 7.14. The van der Waals surface area contributed by atoms with Crippen molar-refractivity contribution in [2.75, 3.05) is 25.2 Å². The summed E-state index contributed by atoms with van der Waals surface area (Å²) in [6, 6.07) is 6.72. The molecule has 1 aromatic carbocycles. The van der Waals surface area contributed by atoms with Gasteiger partial charge in [-0.15, -0.1) is 0 Å². The molecule has 0 radical (unpaired) electrons. The Morgan fingerprint density at radius 3 is 2.41 bits per heavy atom. The molecule has 0 atom stereocenters. The van der Waals surface area contributed by atoms with Gasteiger partial charge in [0.05, 0.1) is 5.69 Å². The second kappa shape index (κ2) is 9.57. The largest absolute Gasteiger partial charge is 0.339 e. The summed E-state index contributed by atoms with van der Waals surface area (Å²) < 4.78 is 27.2. The zero-order valence-corrected chi connectivity index (χ0v) is 17.5. The van der Waals surface area contributed by atoms with E-state index >= 15 is 0 Å². The molecule has 2 N–H and O–H groups in total. The van der Waals surface area contributed by atoms with E-state index in [0.717, 1.165) is 37.4 Å². The fraction of sp³-hybridized carbons (Fsp3) is 0.556. The van der Waals surface area contributed by atoms with Gasteiger partial charge in [-0.2, -0.15) is 0 Å². The molecule has 0 unspecified atom stereocenters. The average molecular weight is 414 g/mol. The molecule has 0 aromatic heterocycles. The van der Waals surface area contributed by atoms with E-state index in [1.54, 1.807) is 38.4 Å². The Balaban J connectivity index is 1.96. The van der Waals surface area contributed by atoms with E-state index in [2.05, 4.69) is 17.0 Å². The van der Waals surface area contributed by atoms with Crippen LogP contribution in [0.4, 0.5) is 10.5 Å². The third kappa shape index (κ3) is 7.15. The Morgan fingerprint density at radius 1 is 1.15 bits per heavy atom. The van der Waals surface area contributed by atoms with E-state index in [9.17, 15) is 18.0 Å². The molecule has 0 saturated heterocycles. The van der Waals surface area contributed by atoms with E-state index in [4.69, 9.17) is 0 Å². The molecule has 0 heterocycles. The highest BCUT2D eigenvalue weighted by molar-refractivity contribution is 8.13. The molecule has 1 fully saturated rings. The van der Waals surface area contributed by atoms with Gasteiger partial charge in [-0.25, -0.2) is 13.1 Å². The molecule has 1 saturated carbocycles. The monoisotopic (exact) mass is 413 g/mol. The van der Waals surface area contributed by atoms with E-state index in [1.807, 2.05) is 0 Å². The maximum atomic E-state index is 12.3. The summed E-state index contributed by atoms with van der Waals surface area (Å²) in [6.45, 7) is 2.16. The van der Waals surface area contributed by atoms with Crippen molar-refractivity contribution in [2.45, 2.75) is 43.5 Å². The van der Waals surface area contributed by atoms with Gasteiger partial charge >= 0.3 is 0 Å². The van der Waals surface area contributed by atoms with E-state index in [1.165, 1.54) is 4.90 Å². The number of nitrogens with zero attached hydrogens (tertiary/aromatic N) is 1. The van der Waals surface area contributed by atoms with E-state index in [-0.39, 0.29) is 11.3 Å². The van der Waals surface area contributed by atoms with Crippen LogP contribution in [0.15, 0.2) is 29.2 Å². The number of nitrogens with one attached hydrogen (secondary N) is 2. The summed E-state index contributed by atoms with van der Waals surface area (Å²) in [6.07, 6.45) is 3.58. The van der Waals surface area contributed by atoms with Crippen LogP contribution in [-0.2, 0) is 14.8 Å². The van der Waals surface area contributed by atoms with Crippen molar-refractivity contribution in [2.24, 2.45) is 5.92 Å². The lowest BCUT2D eigenvalue weighted by Gasteiger charge is -2.26. The Labute approximate surface area is 165 Å². The summed E-state index contributed by atoms with van der Waals surface area (Å²) in [5, 5.41) is 2.42. The van der Waals surface area contributed by atoms with Gasteiger partial charge in [0.1, 0.15) is 5.75 Å². The number of anilines is 1. The third-order valence-electron chi connectivity index (χ3n) is 4.41. The van der Waals surface area contributed by atoms with Crippen molar-refractivity contribution in [3.63, 3.8) is 0 Å². The van der Waals surface area contributed by atoms with Crippen molar-refractivity contribution in [3.05, 3.63) is 24.3 Å². The van der Waals surface area contributed by atoms with Gasteiger partial charge in [0, 0.05) is 25.0 Å². The van der Waals surface area contributed by atoms with Gasteiger partial charge in [0.2, 0.25) is 15.9 Å². The summed E-state index contributed by atoms with van der Waals surface area (Å²) >= 11 is 0.974. The van der Waals surface area contributed by atoms with Crippen LogP contribution in [0.2, 0.25) is 0 Å². The summed E-state index contributed by atoms with van der Waals surface area (Å²) in [5.74, 6) is -0.649. The minimum Gasteiger partial charge on any atom is -0.339 e. The maximum absolute atomic E-state index is 12.3. The van der Waals surface area contributed by atoms with Gasteiger partial charge < -0.3 is 10.2 Å². The Hall–Kier alpha value is -1.58. The molecule has 0 aliphatic heterocycles. The van der Waals surface area contributed by atoms with Crippen molar-refractivity contribution < 1.29 is 18.0 Å². The Morgan fingerprint density at radius 2 is 1.78 bits per heavy atom. The third-order valence-corrected chi connectivity index (χ3v) is 6.86. The Bertz CT molecular complexity index is 773. The van der Waals surface area contributed by atoms with Gasteiger partial charge in [0.15, 0.2) is 0 Å². The molecular weight excluding hydrogens is 386 g/mol. The number of sulfonamides is 1. The van der Waals surface area contributed by atoms with Crippen LogP contribution in [-0.4, -0.2) is 50.4 Å². The predicted octanol–water partition coefficient (Wildman–Crippen LogP) is 2.90. The molecule has 1 aliphatic rings. The lowest BCUT2D eigenvalue weighted by atomic mass is 9.88. The number of carbonyl (C=O) groups excluding carboxylic acids is 2. The molecule has 1 aromatic rings. The number of thioether (sulfide) groups is 1. The average Bonchev–Trinajstić information content (AvgIpc) is 2.57. The van der Waals surface area contributed by atoms with E-state index in [0.29, 0.717) is 16.5 Å². The molecule has 0 bridgehead atoms. The topological polar surface area (TPSA) is 95.6 Å². The van der Waals surface area contributed by atoms with Crippen LogP contribution >= 0.6 is 11.8 Å². The first-order valence-corrected chi connectivity index (χ1v) is 11.4. The molecule has 0 spiro atoms. The molecule has 7 nitrogen and oxygen atoms in total. The molecule has 9 heteroatoms. The normalized spacial score (nSPS) is 20.1. The number of hydrogen-bond acceptors (Lipinski definition) is 5. The lowest BCUT2D eigenvalue weighted by molar-refractivity contribution is -0.113. The number of amides is 2. The zero-order valence-electron chi connectivity index (χ0n) is 15.9. The first kappa shape index (κ1) is 21.7. The molecule has 2 amide bonds. The quantitative estimate of drug-likeness (QED) is 0.699. The number of carbonyl (C=O) groups is 2. The lowest BCUT2D eigenvalue weighted by Crippen LogP contribution is -2.41. The van der Waals surface area contributed by atoms with Crippen LogP contribution in [0.3, 0.4) is 0 Å². The minimum absolute atomic E-state index is 0.0976. The molecule has 27 heavy (non-hydrogen) atoms. The first-order valence-electron chi connectivity index (χ1n) is 8.94. The molecule has 1 aliphatic carbocycles. The minimum atomic E-state index is -3.71. The second-order valence-corrected chi connectivity index (χ2v) is 9.89. The Kier molecular flexibility index (Phi) is 7.69. The van der Waals surface area contributed by atoms with Gasteiger partial charge in [0.25, 0.3) is 5.24 Å². The maximum Gasteiger partial charge on any atom is 0.286 e. The van der Waals surface area contributed by atoms with Crippen LogP contribution in [0.1, 0.15) is 32.6 Å². The fourth-order valence-electron chi connectivity index (χ4n) is 2.88. The highest BCUT2D eigenvalue weighted by Gasteiger charge is 2.25. The number of rotatable bonds is 6. The van der Waals surface area contributed by atoms with Crippen molar-refractivity contribution in [1.29, 1.82) is 0 Å². The summed E-state index contributed by atoms with van der Waals surface area (Å²) in [4.78, 5) is 26.2. The summed E-state index contributed by atoms with van der Waals surface area (Å²) in [7, 11) is -0.432. The summed E-state index contributed by atoms with van der Waals surface area (Å²) in [5.41, 5.74) is 0.421. The molecule has 150 valence electrons. The van der Waals surface area contributed by atoms with Gasteiger partial charge in [-0.1, -0.05) is 19.1 Å². The standard InChI is InChI=1S/C18H27N3O4S2/c1-13-8-10-14(11-9-13)20-27(24,25)12-17(22)19-15-6-4-5-7-16(15)26-18(23)21(2)3/h4-7,13-14,20H,8-12H2,1-3H3,(H,19,22). The smallest absolute Gasteiger partial charge is 0.286 e. The van der Waals surface area contributed by atoms with Gasteiger partial charge in [-0.05, 0) is 55.5 Å². The highest BCUT2D eigenvalue weighted by Crippen LogP contribution is 2.28. The van der Waals surface area contributed by atoms with E-state index < -0.39 is 21.7 Å². The fourth-order valence-corrected chi connectivity index (χ4v) is 4.87. The molecule has 2 rings (SSSR count). The van der Waals surface area contributed by atoms with Crippen LogP contribution < -0.4 is 10.0 Å². The van der Waals surface area contributed by atoms with Crippen molar-refractivity contribution >= 4 is 38.6 Å². The zero-order chi connectivity index (χ0) is 20.0. The first-order chi connectivity index (χ1) is 12.7. The van der Waals surface area contributed by atoms with Crippen LogP contribution in [0, 0.1) is 5.92 Å². The predicted molar refractivity (Wildman–Crippen MR) is 108 cm³/mol. The number of hydrogen-bond donors (Lipinski definition) is 2. The van der Waals surface area contributed by atoms with Crippen LogP contribution in [0.5, 0.6) is 0 Å². The SMILES string of the molecule is CC1CCC(NS(=O)(=O)CC(=O)Nc2ccccc2SC(=O)N(C)C)CC1. The number of benzene rings is 1. The van der Waals surface area contributed by atoms with Crippen molar-refractivity contribution in [1.82, 2.24) is 9.62 Å². The molecular formula is C18H27N3O4S2. The van der Waals surface area contributed by atoms with Crippen molar-refractivity contribution in [3.8, 4) is 0 Å². The number of para-hydroxylation sites is 1.